The first-order valence-electron chi connectivity index (χ1n) is 12.3. The highest BCUT2D eigenvalue weighted by Gasteiger charge is 2.23. The van der Waals surface area contributed by atoms with Gasteiger partial charge in [-0.15, -0.1) is 0 Å². The molecule has 1 aliphatic heterocycles. The second-order valence-corrected chi connectivity index (χ2v) is 10.3. The van der Waals surface area contributed by atoms with E-state index in [0.717, 1.165) is 42.1 Å². The Balaban J connectivity index is 1.34. The van der Waals surface area contributed by atoms with E-state index in [2.05, 4.69) is 42.8 Å². The van der Waals surface area contributed by atoms with Crippen LogP contribution in [0.2, 0.25) is 0 Å². The summed E-state index contributed by atoms with van der Waals surface area (Å²) in [5.74, 6) is 1.87. The number of ether oxygens (including phenoxy) is 1. The molecular formula is C28H24IN7O2. The number of nitrogens with zero attached hydrogens (tertiary/aromatic N) is 6. The van der Waals surface area contributed by atoms with E-state index in [1.807, 2.05) is 65.2 Å². The molecule has 0 saturated carbocycles. The number of aromatic nitrogens is 5. The second kappa shape index (κ2) is 10.8. The van der Waals surface area contributed by atoms with E-state index < -0.39 is 0 Å². The molecule has 1 N–H and O–H groups in total. The van der Waals surface area contributed by atoms with Crippen molar-refractivity contribution >= 4 is 45.5 Å². The van der Waals surface area contributed by atoms with Crippen LogP contribution in [0, 0.1) is 0 Å². The number of carbonyl (C=O) groups excluding carboxylic acids is 1. The summed E-state index contributed by atoms with van der Waals surface area (Å²) in [6.45, 7) is 2.92. The zero-order chi connectivity index (χ0) is 25.9. The Labute approximate surface area is 233 Å². The lowest BCUT2D eigenvalue weighted by molar-refractivity contribution is 0.0472. The average Bonchev–Trinajstić information content (AvgIpc) is 3.36. The first kappa shape index (κ1) is 24.4. The van der Waals surface area contributed by atoms with Crippen molar-refractivity contribution in [1.82, 2.24) is 29.8 Å². The van der Waals surface area contributed by atoms with Crippen molar-refractivity contribution in [2.75, 3.05) is 24.5 Å². The van der Waals surface area contributed by atoms with Gasteiger partial charge in [0.05, 0.1) is 9.61 Å². The van der Waals surface area contributed by atoms with Gasteiger partial charge in [-0.25, -0.2) is 24.7 Å². The number of alkyl halides is 1. The van der Waals surface area contributed by atoms with Crippen molar-refractivity contribution in [2.45, 2.75) is 10.7 Å². The Morgan fingerprint density at radius 1 is 1.00 bits per heavy atom. The summed E-state index contributed by atoms with van der Waals surface area (Å²) in [7, 11) is 0. The fourth-order valence-corrected chi connectivity index (χ4v) is 5.30. The van der Waals surface area contributed by atoms with E-state index in [1.54, 1.807) is 18.3 Å². The third kappa shape index (κ3) is 4.96. The maximum Gasteiger partial charge on any atom is 0.338 e. The number of hydrogen-bond donors (Lipinski definition) is 1. The number of fused-ring (bicyclic) bond motifs is 1. The predicted octanol–water partition coefficient (Wildman–Crippen LogP) is 4.41. The van der Waals surface area contributed by atoms with Crippen LogP contribution in [0.5, 0.6) is 0 Å². The van der Waals surface area contributed by atoms with Crippen molar-refractivity contribution in [2.24, 2.45) is 0 Å². The van der Waals surface area contributed by atoms with Gasteiger partial charge in [-0.2, -0.15) is 0 Å². The molecule has 0 bridgehead atoms. The molecule has 1 atom stereocenters. The van der Waals surface area contributed by atoms with Crippen LogP contribution in [-0.2, 0) is 11.3 Å². The van der Waals surface area contributed by atoms with Crippen LogP contribution in [-0.4, -0.2) is 54.2 Å². The van der Waals surface area contributed by atoms with Crippen LogP contribution in [0.1, 0.15) is 15.9 Å². The van der Waals surface area contributed by atoms with Gasteiger partial charge in [-0.05, 0) is 35.9 Å². The summed E-state index contributed by atoms with van der Waals surface area (Å²) >= 11 is 2.44. The number of piperazine rings is 1. The van der Waals surface area contributed by atoms with Crippen molar-refractivity contribution in [3.05, 3.63) is 96.4 Å². The van der Waals surface area contributed by atoms with Crippen LogP contribution in [0.4, 0.5) is 5.82 Å². The molecule has 38 heavy (non-hydrogen) atoms. The molecule has 2 aromatic carbocycles. The summed E-state index contributed by atoms with van der Waals surface area (Å²) in [5, 5.41) is 3.42. The predicted molar refractivity (Wildman–Crippen MR) is 153 cm³/mol. The molecule has 9 nitrogen and oxygen atoms in total. The topological polar surface area (TPSA) is 98.1 Å². The number of nitrogens with one attached hydrogen (secondary N) is 1. The molecule has 190 valence electrons. The molecular weight excluding hydrogens is 593 g/mol. The van der Waals surface area contributed by atoms with E-state index in [-0.39, 0.29) is 12.6 Å². The molecule has 1 saturated heterocycles. The molecule has 1 fully saturated rings. The van der Waals surface area contributed by atoms with Crippen molar-refractivity contribution < 1.29 is 9.53 Å². The van der Waals surface area contributed by atoms with Crippen LogP contribution >= 0.6 is 22.6 Å². The van der Waals surface area contributed by atoms with Gasteiger partial charge in [0.25, 0.3) is 0 Å². The highest BCUT2D eigenvalue weighted by molar-refractivity contribution is 14.1. The van der Waals surface area contributed by atoms with E-state index in [9.17, 15) is 4.79 Å². The van der Waals surface area contributed by atoms with E-state index in [0.29, 0.717) is 26.9 Å². The molecule has 0 unspecified atom stereocenters. The highest BCUT2D eigenvalue weighted by Crippen LogP contribution is 2.30. The lowest BCUT2D eigenvalue weighted by Gasteiger charge is -2.33. The minimum Gasteiger partial charge on any atom is -0.457 e. The van der Waals surface area contributed by atoms with E-state index >= 15 is 0 Å². The molecule has 0 spiro atoms. The summed E-state index contributed by atoms with van der Waals surface area (Å²) in [5.41, 5.74) is 3.72. The number of anilines is 1. The number of hydrogen-bond acceptors (Lipinski definition) is 8. The van der Waals surface area contributed by atoms with Gasteiger partial charge in [0, 0.05) is 31.4 Å². The number of benzene rings is 2. The fraction of sp³-hybridized carbons (Fsp3) is 0.179. The number of carbonyl (C=O) groups is 1. The SMILES string of the molecule is O=C(OCc1ccccc1)c1ccc(-c2nc3ccc(N4CCNC[C@@H]4I)nc3n2-c2ccncn2)cc1. The maximum absolute atomic E-state index is 12.6. The zero-order valence-electron chi connectivity index (χ0n) is 20.4. The zero-order valence-corrected chi connectivity index (χ0v) is 22.5. The van der Waals surface area contributed by atoms with Gasteiger partial charge in [0.1, 0.15) is 35.9 Å². The van der Waals surface area contributed by atoms with Gasteiger partial charge in [0.15, 0.2) is 5.65 Å². The van der Waals surface area contributed by atoms with Gasteiger partial charge in [0.2, 0.25) is 0 Å². The minimum absolute atomic E-state index is 0.226. The van der Waals surface area contributed by atoms with E-state index in [4.69, 9.17) is 14.7 Å². The Morgan fingerprint density at radius 3 is 2.61 bits per heavy atom. The van der Waals surface area contributed by atoms with Crippen LogP contribution in [0.3, 0.4) is 0 Å². The maximum atomic E-state index is 12.6. The summed E-state index contributed by atoms with van der Waals surface area (Å²) < 4.78 is 7.72. The first-order chi connectivity index (χ1) is 18.7. The van der Waals surface area contributed by atoms with E-state index in [1.165, 1.54) is 6.33 Å². The molecule has 6 rings (SSSR count). The normalized spacial score (nSPS) is 15.5. The Morgan fingerprint density at radius 2 is 1.84 bits per heavy atom. The Kier molecular flexibility index (Phi) is 6.97. The van der Waals surface area contributed by atoms with Crippen molar-refractivity contribution in [3.8, 4) is 17.2 Å². The Hall–Kier alpha value is -3.90. The van der Waals surface area contributed by atoms with Crippen LogP contribution in [0.15, 0.2) is 85.3 Å². The third-order valence-corrected chi connectivity index (χ3v) is 7.46. The minimum atomic E-state index is -0.375. The van der Waals surface area contributed by atoms with Crippen molar-refractivity contribution in [1.29, 1.82) is 0 Å². The van der Waals surface area contributed by atoms with Gasteiger partial charge in [-0.3, -0.25) is 4.57 Å². The quantitative estimate of drug-likeness (QED) is 0.130. The summed E-state index contributed by atoms with van der Waals surface area (Å²) in [6.07, 6.45) is 3.21. The number of rotatable bonds is 6. The average molecular weight is 617 g/mol. The van der Waals surface area contributed by atoms with Gasteiger partial charge in [-0.1, -0.05) is 65.1 Å². The number of esters is 1. The smallest absolute Gasteiger partial charge is 0.338 e. The van der Waals surface area contributed by atoms with Gasteiger partial charge < -0.3 is 15.0 Å². The lowest BCUT2D eigenvalue weighted by Crippen LogP contribution is -2.48. The second-order valence-electron chi connectivity index (χ2n) is 8.82. The Bertz CT molecular complexity index is 1560. The molecule has 4 heterocycles. The number of halogens is 1. The lowest BCUT2D eigenvalue weighted by atomic mass is 10.1. The summed E-state index contributed by atoms with van der Waals surface area (Å²) in [6, 6.07) is 22.7. The molecule has 0 aliphatic carbocycles. The van der Waals surface area contributed by atoms with Gasteiger partial charge >= 0.3 is 5.97 Å². The molecule has 5 aromatic rings. The molecule has 1 aliphatic rings. The third-order valence-electron chi connectivity index (χ3n) is 6.35. The monoisotopic (exact) mass is 617 g/mol. The summed E-state index contributed by atoms with van der Waals surface area (Å²) in [4.78, 5) is 33.4. The van der Waals surface area contributed by atoms with Crippen molar-refractivity contribution in [3.63, 3.8) is 0 Å². The first-order valence-corrected chi connectivity index (χ1v) is 13.5. The fourth-order valence-electron chi connectivity index (χ4n) is 4.42. The van der Waals surface area contributed by atoms with Crippen LogP contribution < -0.4 is 10.2 Å². The molecule has 10 heteroatoms. The molecule has 0 amide bonds. The standard InChI is InChI=1S/C28H24IN7O2/c29-23-16-30-14-15-35(23)25-11-10-22-27(34-25)36(24-12-13-31-18-32-24)26(33-22)20-6-8-21(9-7-20)28(37)38-17-19-4-2-1-3-5-19/h1-13,18,23,30H,14-17H2/t23-/m1/s1. The number of pyridine rings is 1. The molecule has 0 radical (unpaired) electrons. The number of imidazole rings is 1. The highest BCUT2D eigenvalue weighted by atomic mass is 127. The molecule has 3 aromatic heterocycles. The van der Waals surface area contributed by atoms with Crippen LogP contribution in [0.25, 0.3) is 28.4 Å². The largest absolute Gasteiger partial charge is 0.457 e.